The van der Waals surface area contributed by atoms with Crippen LogP contribution in [0.25, 0.3) is 0 Å². The minimum Gasteiger partial charge on any atom is -0.478 e. The first-order valence-electron chi connectivity index (χ1n) is 7.13. The molecule has 0 aromatic heterocycles. The standard InChI is InChI=1S/C17H20BrNO3/c1-4-12(3)19-15(14(20)10-11(2)18)16(17(19)21)22-13-8-6-5-7-9-13/h4-9,12,14-16,20H,1-2,10H2,3H3/t12?,14-,15+,16-/m1/s1. The van der Waals surface area contributed by atoms with Gasteiger partial charge >= 0.3 is 0 Å². The van der Waals surface area contributed by atoms with Crippen LogP contribution in [0.4, 0.5) is 0 Å². The number of carbonyl (C=O) groups excluding carboxylic acids is 1. The van der Waals surface area contributed by atoms with Gasteiger partial charge in [-0.1, -0.05) is 46.8 Å². The molecular weight excluding hydrogens is 346 g/mol. The molecule has 2 rings (SSSR count). The number of halogens is 1. The molecule has 4 nitrogen and oxygen atoms in total. The largest absolute Gasteiger partial charge is 0.478 e. The van der Waals surface area contributed by atoms with Crippen LogP contribution in [-0.2, 0) is 4.79 Å². The number of carbonyl (C=O) groups is 1. The summed E-state index contributed by atoms with van der Waals surface area (Å²) in [5, 5.41) is 10.4. The van der Waals surface area contributed by atoms with Crippen molar-refractivity contribution in [2.24, 2.45) is 0 Å². The van der Waals surface area contributed by atoms with Gasteiger partial charge in [0.15, 0.2) is 6.10 Å². The SMILES string of the molecule is C=CC(C)N1C(=O)[C@H](Oc2ccccc2)[C@@H]1[C@H](O)CC(=C)Br. The summed E-state index contributed by atoms with van der Waals surface area (Å²) in [4.78, 5) is 14.0. The summed E-state index contributed by atoms with van der Waals surface area (Å²) in [5.74, 6) is 0.474. The van der Waals surface area contributed by atoms with E-state index in [4.69, 9.17) is 4.74 Å². The van der Waals surface area contributed by atoms with E-state index in [1.54, 1.807) is 23.1 Å². The van der Waals surface area contributed by atoms with Crippen molar-refractivity contribution in [1.82, 2.24) is 4.90 Å². The number of aliphatic hydroxyl groups excluding tert-OH is 1. The van der Waals surface area contributed by atoms with Crippen LogP contribution < -0.4 is 4.74 Å². The van der Waals surface area contributed by atoms with Crippen LogP contribution in [0.15, 0.2) is 54.0 Å². The maximum atomic E-state index is 12.4. The molecule has 118 valence electrons. The number of nitrogens with zero attached hydrogens (tertiary/aromatic N) is 1. The first-order valence-corrected chi connectivity index (χ1v) is 7.92. The molecule has 0 spiro atoms. The summed E-state index contributed by atoms with van der Waals surface area (Å²) < 4.78 is 6.46. The van der Waals surface area contributed by atoms with Gasteiger partial charge in [0.25, 0.3) is 5.91 Å². The van der Waals surface area contributed by atoms with Crippen molar-refractivity contribution < 1.29 is 14.6 Å². The van der Waals surface area contributed by atoms with Crippen molar-refractivity contribution in [3.05, 3.63) is 54.0 Å². The maximum absolute atomic E-state index is 12.4. The van der Waals surface area contributed by atoms with Gasteiger partial charge in [0.2, 0.25) is 0 Å². The van der Waals surface area contributed by atoms with E-state index in [9.17, 15) is 9.90 Å². The van der Waals surface area contributed by atoms with Gasteiger partial charge in [-0.15, -0.1) is 6.58 Å². The molecule has 0 radical (unpaired) electrons. The van der Waals surface area contributed by atoms with Crippen molar-refractivity contribution in [1.29, 1.82) is 0 Å². The Balaban J connectivity index is 2.18. The number of amides is 1. The second-order valence-corrected chi connectivity index (χ2v) is 6.47. The summed E-state index contributed by atoms with van der Waals surface area (Å²) in [6, 6.07) is 8.56. The number of ether oxygens (including phenoxy) is 1. The fraction of sp³-hybridized carbons (Fsp3) is 0.353. The molecule has 1 amide bonds. The lowest BCUT2D eigenvalue weighted by atomic mass is 9.88. The summed E-state index contributed by atoms with van der Waals surface area (Å²) >= 11 is 3.25. The number of likely N-dealkylation sites (tertiary alicyclic amines) is 1. The Morgan fingerprint density at radius 1 is 1.50 bits per heavy atom. The van der Waals surface area contributed by atoms with Crippen LogP contribution in [0.5, 0.6) is 5.75 Å². The van der Waals surface area contributed by atoms with Gasteiger partial charge in [-0.25, -0.2) is 0 Å². The van der Waals surface area contributed by atoms with E-state index in [1.165, 1.54) is 0 Å². The average molecular weight is 366 g/mol. The highest BCUT2D eigenvalue weighted by Gasteiger charge is 2.53. The molecule has 1 aliphatic rings. The molecule has 1 saturated heterocycles. The zero-order chi connectivity index (χ0) is 16.3. The van der Waals surface area contributed by atoms with Gasteiger partial charge in [-0.3, -0.25) is 4.79 Å². The highest BCUT2D eigenvalue weighted by Crippen LogP contribution is 2.32. The molecule has 1 aromatic rings. The molecule has 1 aliphatic heterocycles. The Kier molecular flexibility index (Phi) is 5.42. The van der Waals surface area contributed by atoms with E-state index >= 15 is 0 Å². The quantitative estimate of drug-likeness (QED) is 0.596. The third kappa shape index (κ3) is 3.42. The van der Waals surface area contributed by atoms with Gasteiger partial charge < -0.3 is 14.7 Å². The third-order valence-electron chi connectivity index (χ3n) is 3.74. The zero-order valence-electron chi connectivity index (χ0n) is 12.5. The van der Waals surface area contributed by atoms with E-state index in [1.807, 2.05) is 25.1 Å². The Bertz CT molecular complexity index is 560. The predicted octanol–water partition coefficient (Wildman–Crippen LogP) is 2.88. The molecule has 1 fully saturated rings. The zero-order valence-corrected chi connectivity index (χ0v) is 14.1. The lowest BCUT2D eigenvalue weighted by Crippen LogP contribution is -2.72. The number of aliphatic hydroxyl groups is 1. The number of rotatable bonds is 7. The molecule has 1 aromatic carbocycles. The average Bonchev–Trinajstić information content (AvgIpc) is 2.49. The van der Waals surface area contributed by atoms with Crippen LogP contribution in [0.1, 0.15) is 13.3 Å². The van der Waals surface area contributed by atoms with E-state index in [0.29, 0.717) is 16.7 Å². The molecule has 4 atom stereocenters. The van der Waals surface area contributed by atoms with Crippen LogP contribution in [-0.4, -0.2) is 40.2 Å². The van der Waals surface area contributed by atoms with E-state index in [0.717, 1.165) is 0 Å². The van der Waals surface area contributed by atoms with E-state index < -0.39 is 18.2 Å². The maximum Gasteiger partial charge on any atom is 0.266 e. The number of benzene rings is 1. The molecule has 0 aliphatic carbocycles. The molecule has 0 bridgehead atoms. The molecule has 0 saturated carbocycles. The second-order valence-electron chi connectivity index (χ2n) is 5.35. The number of hydrogen-bond acceptors (Lipinski definition) is 3. The van der Waals surface area contributed by atoms with Crippen molar-refractivity contribution in [2.45, 2.75) is 37.6 Å². The fourth-order valence-corrected chi connectivity index (χ4v) is 2.92. The van der Waals surface area contributed by atoms with Crippen molar-refractivity contribution in [3.63, 3.8) is 0 Å². The van der Waals surface area contributed by atoms with Gasteiger partial charge in [0, 0.05) is 12.5 Å². The Labute approximate surface area is 139 Å². The fourth-order valence-electron chi connectivity index (χ4n) is 2.59. The lowest BCUT2D eigenvalue weighted by molar-refractivity contribution is -0.175. The number of hydrogen-bond donors (Lipinski definition) is 1. The normalized spacial score (nSPS) is 23.4. The second kappa shape index (κ2) is 7.11. The Morgan fingerprint density at radius 3 is 2.68 bits per heavy atom. The summed E-state index contributed by atoms with van der Waals surface area (Å²) in [6.45, 7) is 9.33. The number of β-lactam (4-membered cyclic amide) rings is 1. The molecule has 5 heteroatoms. The third-order valence-corrected chi connectivity index (χ3v) is 4.06. The van der Waals surface area contributed by atoms with Gasteiger partial charge in [-0.05, 0) is 23.5 Å². The monoisotopic (exact) mass is 365 g/mol. The van der Waals surface area contributed by atoms with Crippen molar-refractivity contribution >= 4 is 21.8 Å². The minimum atomic E-state index is -0.749. The minimum absolute atomic E-state index is 0.138. The van der Waals surface area contributed by atoms with Crippen LogP contribution in [0.2, 0.25) is 0 Å². The van der Waals surface area contributed by atoms with Crippen molar-refractivity contribution in [3.8, 4) is 5.75 Å². The summed E-state index contributed by atoms with van der Waals surface area (Å²) in [6.07, 6.45) is 0.596. The molecule has 1 heterocycles. The molecule has 1 N–H and O–H groups in total. The topological polar surface area (TPSA) is 49.8 Å². The smallest absolute Gasteiger partial charge is 0.266 e. The first-order chi connectivity index (χ1) is 10.5. The van der Waals surface area contributed by atoms with Gasteiger partial charge in [0.1, 0.15) is 11.8 Å². The molecule has 22 heavy (non-hydrogen) atoms. The summed E-state index contributed by atoms with van der Waals surface area (Å²) in [5.41, 5.74) is 0. The van der Waals surface area contributed by atoms with Crippen LogP contribution >= 0.6 is 15.9 Å². The first kappa shape index (κ1) is 16.8. The molecular formula is C17H20BrNO3. The Hall–Kier alpha value is -1.59. The van der Waals surface area contributed by atoms with Crippen LogP contribution in [0.3, 0.4) is 0 Å². The molecule has 1 unspecified atom stereocenters. The highest BCUT2D eigenvalue weighted by molar-refractivity contribution is 9.11. The predicted molar refractivity (Wildman–Crippen MR) is 89.8 cm³/mol. The highest BCUT2D eigenvalue weighted by atomic mass is 79.9. The van der Waals surface area contributed by atoms with E-state index in [-0.39, 0.29) is 11.9 Å². The van der Waals surface area contributed by atoms with Gasteiger partial charge in [-0.2, -0.15) is 0 Å². The van der Waals surface area contributed by atoms with E-state index in [2.05, 4.69) is 29.1 Å². The van der Waals surface area contributed by atoms with Crippen molar-refractivity contribution in [2.75, 3.05) is 0 Å². The Morgan fingerprint density at radius 2 is 2.14 bits per heavy atom. The lowest BCUT2D eigenvalue weighted by Gasteiger charge is -2.50. The number of para-hydroxylation sites is 1. The van der Waals surface area contributed by atoms with Crippen LogP contribution in [0, 0.1) is 0 Å². The van der Waals surface area contributed by atoms with Gasteiger partial charge in [0.05, 0.1) is 6.10 Å². The summed E-state index contributed by atoms with van der Waals surface area (Å²) in [7, 11) is 0.